The molecule has 3 aliphatic heterocycles. The van der Waals surface area contributed by atoms with E-state index in [9.17, 15) is 0 Å². The third-order valence-electron chi connectivity index (χ3n) is 10.9. The van der Waals surface area contributed by atoms with E-state index in [1.807, 2.05) is 0 Å². The first-order chi connectivity index (χ1) is 25.7. The molecule has 3 heteroatoms. The topological polar surface area (TPSA) is 21.7 Å². The van der Waals surface area contributed by atoms with Gasteiger partial charge in [-0.15, -0.1) is 0 Å². The number of nitrogens with zero attached hydrogens (tertiary/aromatic N) is 1. The molecule has 1 aliphatic carbocycles. The van der Waals surface area contributed by atoms with Gasteiger partial charge in [0.05, 0.1) is 11.1 Å². The third-order valence-corrected chi connectivity index (χ3v) is 10.9. The highest BCUT2D eigenvalue weighted by Crippen LogP contribution is 2.61. The van der Waals surface area contributed by atoms with E-state index in [4.69, 9.17) is 9.47 Å². The minimum absolute atomic E-state index is 0.104. The zero-order valence-electron chi connectivity index (χ0n) is 28.6. The summed E-state index contributed by atoms with van der Waals surface area (Å²) < 4.78 is 13.7. The van der Waals surface area contributed by atoms with Gasteiger partial charge in [0, 0.05) is 52.1 Å². The van der Waals surface area contributed by atoms with Gasteiger partial charge in [-0.3, -0.25) is 0 Å². The fraction of sp³-hybridized carbons (Fsp3) is 0.0612. The van der Waals surface area contributed by atoms with Crippen LogP contribution in [0, 0.1) is 0 Å². The van der Waals surface area contributed by atoms with Crippen LogP contribution < -0.4 is 14.4 Å². The average Bonchev–Trinajstić information content (AvgIpc) is 3.20. The lowest BCUT2D eigenvalue weighted by atomic mass is 9.60. The molecule has 0 radical (unpaired) electrons. The molecule has 248 valence electrons. The molecule has 0 bridgehead atoms. The van der Waals surface area contributed by atoms with Crippen molar-refractivity contribution in [3.05, 3.63) is 228 Å². The summed E-state index contributed by atoms with van der Waals surface area (Å²) in [7, 11) is 0. The van der Waals surface area contributed by atoms with Crippen molar-refractivity contribution >= 4 is 16.9 Å². The van der Waals surface area contributed by atoms with E-state index >= 15 is 0 Å². The van der Waals surface area contributed by atoms with Crippen LogP contribution in [0.5, 0.6) is 17.2 Å². The number of hydrogen-bond acceptors (Lipinski definition) is 3. The largest absolute Gasteiger partial charge is 0.461 e. The van der Waals surface area contributed by atoms with Gasteiger partial charge in [0.15, 0.2) is 0 Å². The van der Waals surface area contributed by atoms with Crippen molar-refractivity contribution in [3.63, 3.8) is 0 Å². The van der Waals surface area contributed by atoms with Crippen molar-refractivity contribution in [2.45, 2.75) is 17.8 Å². The van der Waals surface area contributed by atoms with Gasteiger partial charge < -0.3 is 14.4 Å². The fourth-order valence-corrected chi connectivity index (χ4v) is 8.46. The van der Waals surface area contributed by atoms with Crippen molar-refractivity contribution in [2.24, 2.45) is 0 Å². The molecular weight excluding hydrogens is 635 g/mol. The van der Waals surface area contributed by atoms with Gasteiger partial charge in [-0.1, -0.05) is 134 Å². The molecule has 0 N–H and O–H groups in total. The first-order valence-corrected chi connectivity index (χ1v) is 17.9. The molecule has 4 aliphatic rings. The highest BCUT2D eigenvalue weighted by molar-refractivity contribution is 5.86. The summed E-state index contributed by atoms with van der Waals surface area (Å²) >= 11 is 0. The molecule has 3 nitrogen and oxygen atoms in total. The van der Waals surface area contributed by atoms with Crippen LogP contribution in [0.4, 0.5) is 11.4 Å². The monoisotopic (exact) mass is 669 g/mol. The number of allylic oxidation sites excluding steroid dienone is 8. The Balaban J connectivity index is 1.14. The maximum absolute atomic E-state index is 6.96. The molecule has 2 atom stereocenters. The smallest absolute Gasteiger partial charge is 0.132 e. The number of fused-ring (bicyclic) bond motifs is 8. The molecule has 6 aromatic carbocycles. The van der Waals surface area contributed by atoms with Gasteiger partial charge in [-0.25, -0.2) is 0 Å². The van der Waals surface area contributed by atoms with Crippen molar-refractivity contribution in [1.29, 1.82) is 0 Å². The lowest BCUT2D eigenvalue weighted by molar-refractivity contribution is 0.345. The van der Waals surface area contributed by atoms with Gasteiger partial charge in [0.1, 0.15) is 23.0 Å². The number of anilines is 2. The average molecular weight is 670 g/mol. The van der Waals surface area contributed by atoms with Gasteiger partial charge in [0.25, 0.3) is 0 Å². The van der Waals surface area contributed by atoms with Gasteiger partial charge in [-0.05, 0) is 70.8 Å². The number of rotatable bonds is 3. The highest BCUT2D eigenvalue weighted by Gasteiger charge is 2.52. The number of benzene rings is 6. The SMILES string of the molecule is C=C1/C=C\C=C/N(c2ccccc2)c2cc(C3C=CC4=C(C3)Oc3ccccc3C43c4ccccc4Oc4ccc(-c5ccccc5)cc43)ccc21. The van der Waals surface area contributed by atoms with Crippen LogP contribution in [0.3, 0.4) is 0 Å². The van der Waals surface area contributed by atoms with Crippen molar-refractivity contribution in [3.8, 4) is 28.4 Å². The molecule has 0 aromatic heterocycles. The number of para-hydroxylation sites is 3. The lowest BCUT2D eigenvalue weighted by Crippen LogP contribution is -2.39. The van der Waals surface area contributed by atoms with Gasteiger partial charge >= 0.3 is 0 Å². The van der Waals surface area contributed by atoms with Gasteiger partial charge in [0.2, 0.25) is 0 Å². The van der Waals surface area contributed by atoms with E-state index < -0.39 is 5.41 Å². The van der Waals surface area contributed by atoms with Crippen LogP contribution in [0.25, 0.3) is 16.7 Å². The van der Waals surface area contributed by atoms with E-state index in [-0.39, 0.29) is 5.92 Å². The van der Waals surface area contributed by atoms with Crippen LogP contribution in [0.15, 0.2) is 200 Å². The van der Waals surface area contributed by atoms with Crippen molar-refractivity contribution < 1.29 is 9.47 Å². The fourth-order valence-electron chi connectivity index (χ4n) is 8.46. The minimum atomic E-state index is -0.633. The summed E-state index contributed by atoms with van der Waals surface area (Å²) in [5, 5.41) is 0. The van der Waals surface area contributed by atoms with E-state index in [2.05, 4.69) is 194 Å². The second-order valence-electron chi connectivity index (χ2n) is 13.7. The summed E-state index contributed by atoms with van der Waals surface area (Å²) in [5.74, 6) is 3.70. The highest BCUT2D eigenvalue weighted by atomic mass is 16.5. The second kappa shape index (κ2) is 12.0. The molecular formula is C49H35NO2. The van der Waals surface area contributed by atoms with Crippen LogP contribution in [-0.4, -0.2) is 0 Å². The van der Waals surface area contributed by atoms with Gasteiger partial charge in [-0.2, -0.15) is 0 Å². The maximum Gasteiger partial charge on any atom is 0.132 e. The molecule has 52 heavy (non-hydrogen) atoms. The molecule has 0 saturated carbocycles. The van der Waals surface area contributed by atoms with E-state index in [1.54, 1.807) is 0 Å². The van der Waals surface area contributed by atoms with Crippen LogP contribution in [0.1, 0.15) is 40.2 Å². The first kappa shape index (κ1) is 30.3. The first-order valence-electron chi connectivity index (χ1n) is 17.9. The van der Waals surface area contributed by atoms with Crippen LogP contribution in [-0.2, 0) is 5.41 Å². The van der Waals surface area contributed by atoms with Crippen LogP contribution >= 0.6 is 0 Å². The van der Waals surface area contributed by atoms with E-state index in [0.29, 0.717) is 0 Å². The quantitative estimate of drug-likeness (QED) is 0.187. The Labute approximate surface area is 304 Å². The normalized spacial score (nSPS) is 20.6. The molecule has 2 unspecified atom stereocenters. The molecule has 0 fully saturated rings. The summed E-state index contributed by atoms with van der Waals surface area (Å²) in [4.78, 5) is 2.26. The zero-order valence-corrected chi connectivity index (χ0v) is 28.6. The van der Waals surface area contributed by atoms with E-state index in [1.165, 1.54) is 11.1 Å². The molecule has 3 heterocycles. The van der Waals surface area contributed by atoms with E-state index in [0.717, 1.165) is 79.8 Å². The number of ether oxygens (including phenoxy) is 2. The number of hydrogen-bond donors (Lipinski definition) is 0. The lowest BCUT2D eigenvalue weighted by Gasteiger charge is -2.46. The predicted molar refractivity (Wildman–Crippen MR) is 211 cm³/mol. The zero-order chi connectivity index (χ0) is 34.6. The Kier molecular flexibility index (Phi) is 7.00. The summed E-state index contributed by atoms with van der Waals surface area (Å²) in [6.07, 6.45) is 13.8. The standard InChI is InChI=1S/C49H35NO2/c1-33-14-12-13-29-50(38-17-6-3-7-18-38)44-31-36(23-26-39(33)44)37-24-27-42-48(32-37)52-46-22-11-9-20-41(46)49(42)40-19-8-10-21-45(40)51-47-28-25-35(30-43(47)49)34-15-4-2-5-16-34/h2-31,37H,1,32H2/b14-12-,29-13-. The molecule has 1 spiro atoms. The Bertz CT molecular complexity index is 2520. The molecule has 6 aromatic rings. The summed E-state index contributed by atoms with van der Waals surface area (Å²) in [5.41, 5.74) is 11.7. The van der Waals surface area contributed by atoms with Crippen molar-refractivity contribution in [2.75, 3.05) is 4.90 Å². The molecule has 0 amide bonds. The van der Waals surface area contributed by atoms with Crippen LogP contribution in [0.2, 0.25) is 0 Å². The maximum atomic E-state index is 6.96. The Morgan fingerprint density at radius 3 is 2.08 bits per heavy atom. The Morgan fingerprint density at radius 2 is 1.29 bits per heavy atom. The Morgan fingerprint density at radius 1 is 0.596 bits per heavy atom. The molecule has 10 rings (SSSR count). The second-order valence-corrected chi connectivity index (χ2v) is 13.7. The summed E-state index contributed by atoms with van der Waals surface area (Å²) in [6, 6.07) is 51.6. The minimum Gasteiger partial charge on any atom is -0.461 e. The third kappa shape index (κ3) is 4.66. The molecule has 0 saturated heterocycles. The predicted octanol–water partition coefficient (Wildman–Crippen LogP) is 12.4. The summed E-state index contributed by atoms with van der Waals surface area (Å²) in [6.45, 7) is 4.41. The van der Waals surface area contributed by atoms with Crippen molar-refractivity contribution in [1.82, 2.24) is 0 Å². The Hall–Kier alpha value is -6.58.